The smallest absolute Gasteiger partial charge is 0.312 e. The van der Waals surface area contributed by atoms with Gasteiger partial charge in [0.25, 0.3) is 0 Å². The average Bonchev–Trinajstić information content (AvgIpc) is 2.26. The highest BCUT2D eigenvalue weighted by Gasteiger charge is 2.15. The molecule has 0 atom stereocenters. The summed E-state index contributed by atoms with van der Waals surface area (Å²) in [6.45, 7) is 4.07. The van der Waals surface area contributed by atoms with Gasteiger partial charge in [-0.05, 0) is 17.7 Å². The molecule has 0 saturated heterocycles. The van der Waals surface area contributed by atoms with Crippen LogP contribution in [0.2, 0.25) is 5.02 Å². The Balaban J connectivity index is 2.87. The van der Waals surface area contributed by atoms with Gasteiger partial charge in [0, 0.05) is 17.6 Å². The molecule has 16 heavy (non-hydrogen) atoms. The molecule has 0 heterocycles. The van der Waals surface area contributed by atoms with Crippen LogP contribution in [-0.4, -0.2) is 18.1 Å². The molecule has 0 fully saturated rings. The van der Waals surface area contributed by atoms with E-state index in [2.05, 4.69) is 6.58 Å². The topological polar surface area (TPSA) is 78.4 Å². The highest BCUT2D eigenvalue weighted by Crippen LogP contribution is 2.29. The quantitative estimate of drug-likeness (QED) is 0.487. The van der Waals surface area contributed by atoms with Crippen LogP contribution in [0.3, 0.4) is 0 Å². The van der Waals surface area contributed by atoms with Crippen molar-refractivity contribution in [3.05, 3.63) is 45.5 Å². The zero-order valence-corrected chi connectivity index (χ0v) is 9.24. The second kappa shape index (κ2) is 5.48. The van der Waals surface area contributed by atoms with Crippen molar-refractivity contribution in [2.45, 2.75) is 0 Å². The first-order chi connectivity index (χ1) is 7.54. The van der Waals surface area contributed by atoms with Crippen LogP contribution in [0.1, 0.15) is 0 Å². The molecule has 0 unspecified atom stereocenters. The zero-order valence-electron chi connectivity index (χ0n) is 8.48. The summed E-state index contributed by atoms with van der Waals surface area (Å²) >= 11 is 5.65. The Bertz CT molecular complexity index is 421. The minimum atomic E-state index is -0.549. The number of hydrogen-bond donors (Lipinski definition) is 1. The number of nitro groups is 1. The fraction of sp³-hybridized carbons (Fsp3) is 0.200. The van der Waals surface area contributed by atoms with E-state index in [1.807, 2.05) is 0 Å². The van der Waals surface area contributed by atoms with E-state index in [4.69, 9.17) is 22.1 Å². The molecule has 0 aromatic heterocycles. The van der Waals surface area contributed by atoms with E-state index in [-0.39, 0.29) is 29.6 Å². The van der Waals surface area contributed by atoms with Crippen molar-refractivity contribution < 1.29 is 9.66 Å². The Labute approximate surface area is 97.6 Å². The molecular weight excluding hydrogens is 232 g/mol. The third-order valence-electron chi connectivity index (χ3n) is 1.84. The Kier molecular flexibility index (Phi) is 4.28. The van der Waals surface area contributed by atoms with E-state index >= 15 is 0 Å². The highest BCUT2D eigenvalue weighted by molar-refractivity contribution is 6.30. The van der Waals surface area contributed by atoms with Crippen LogP contribution in [0.15, 0.2) is 30.4 Å². The number of nitrogens with two attached hydrogens (primary N) is 1. The lowest BCUT2D eigenvalue weighted by molar-refractivity contribution is -0.385. The van der Waals surface area contributed by atoms with Gasteiger partial charge in [0.15, 0.2) is 5.75 Å². The third-order valence-corrected chi connectivity index (χ3v) is 2.07. The summed E-state index contributed by atoms with van der Waals surface area (Å²) in [5, 5.41) is 11.0. The lowest BCUT2D eigenvalue weighted by Gasteiger charge is -2.07. The maximum absolute atomic E-state index is 10.7. The van der Waals surface area contributed by atoms with Crippen LogP contribution >= 0.6 is 11.6 Å². The minimum Gasteiger partial charge on any atom is -0.482 e. The lowest BCUT2D eigenvalue weighted by Crippen LogP contribution is -2.10. The standard InChI is InChI=1S/C10H11ClN2O3/c1-7(5-12)6-16-10-3-2-8(11)4-9(10)13(14)15/h2-4H,1,5-6,12H2. The van der Waals surface area contributed by atoms with Gasteiger partial charge in [0.05, 0.1) is 4.92 Å². The van der Waals surface area contributed by atoms with Crippen LogP contribution < -0.4 is 10.5 Å². The molecule has 0 aliphatic carbocycles. The molecule has 6 heteroatoms. The SMILES string of the molecule is C=C(CN)COc1ccc(Cl)cc1[N+](=O)[O-]. The van der Waals surface area contributed by atoms with Gasteiger partial charge in [-0.3, -0.25) is 10.1 Å². The second-order valence-electron chi connectivity index (χ2n) is 3.11. The first-order valence-corrected chi connectivity index (χ1v) is 4.86. The van der Waals surface area contributed by atoms with Gasteiger partial charge in [-0.15, -0.1) is 0 Å². The second-order valence-corrected chi connectivity index (χ2v) is 3.55. The molecule has 1 aromatic rings. The normalized spacial score (nSPS) is 9.88. The largest absolute Gasteiger partial charge is 0.482 e. The van der Waals surface area contributed by atoms with Crippen molar-refractivity contribution >= 4 is 17.3 Å². The third kappa shape index (κ3) is 3.22. The Morgan fingerprint density at radius 2 is 2.31 bits per heavy atom. The predicted octanol–water partition coefficient (Wildman–Crippen LogP) is 2.14. The maximum atomic E-state index is 10.7. The zero-order chi connectivity index (χ0) is 12.1. The van der Waals surface area contributed by atoms with E-state index in [9.17, 15) is 10.1 Å². The molecule has 1 rings (SSSR count). The minimum absolute atomic E-state index is 0.152. The molecule has 0 spiro atoms. The molecule has 86 valence electrons. The van der Waals surface area contributed by atoms with Crippen LogP contribution in [0, 0.1) is 10.1 Å². The molecule has 1 aromatic carbocycles. The van der Waals surface area contributed by atoms with Crippen molar-refractivity contribution in [1.29, 1.82) is 0 Å². The first kappa shape index (κ1) is 12.5. The van der Waals surface area contributed by atoms with Crippen molar-refractivity contribution in [3.63, 3.8) is 0 Å². The number of nitrogens with zero attached hydrogens (tertiary/aromatic N) is 1. The molecule has 2 N–H and O–H groups in total. The predicted molar refractivity (Wildman–Crippen MR) is 61.8 cm³/mol. The van der Waals surface area contributed by atoms with Gasteiger partial charge in [-0.1, -0.05) is 18.2 Å². The van der Waals surface area contributed by atoms with Crippen molar-refractivity contribution in [1.82, 2.24) is 0 Å². The number of benzene rings is 1. The Morgan fingerprint density at radius 3 is 2.88 bits per heavy atom. The molecular formula is C10H11ClN2O3. The molecule has 0 radical (unpaired) electrons. The Morgan fingerprint density at radius 1 is 1.62 bits per heavy atom. The van der Waals surface area contributed by atoms with Crippen LogP contribution in [-0.2, 0) is 0 Å². The maximum Gasteiger partial charge on any atom is 0.312 e. The van der Waals surface area contributed by atoms with Gasteiger partial charge < -0.3 is 10.5 Å². The van der Waals surface area contributed by atoms with E-state index < -0.39 is 4.92 Å². The summed E-state index contributed by atoms with van der Waals surface area (Å²) in [6, 6.07) is 4.21. The molecule has 0 aliphatic rings. The van der Waals surface area contributed by atoms with E-state index in [1.165, 1.54) is 18.2 Å². The van der Waals surface area contributed by atoms with Crippen LogP contribution in [0.4, 0.5) is 5.69 Å². The number of hydrogen-bond acceptors (Lipinski definition) is 4. The fourth-order valence-corrected chi connectivity index (χ4v) is 1.16. The molecule has 0 saturated carbocycles. The highest BCUT2D eigenvalue weighted by atomic mass is 35.5. The average molecular weight is 243 g/mol. The summed E-state index contributed by atoms with van der Waals surface area (Å²) in [6.07, 6.45) is 0. The molecule has 0 aliphatic heterocycles. The summed E-state index contributed by atoms with van der Waals surface area (Å²) in [7, 11) is 0. The van der Waals surface area contributed by atoms with Gasteiger partial charge >= 0.3 is 5.69 Å². The van der Waals surface area contributed by atoms with Crippen LogP contribution in [0.25, 0.3) is 0 Å². The Hall–Kier alpha value is -1.59. The van der Waals surface area contributed by atoms with Gasteiger partial charge in [0.1, 0.15) is 6.61 Å². The number of ether oxygens (including phenoxy) is 1. The van der Waals surface area contributed by atoms with Gasteiger partial charge in [0.2, 0.25) is 0 Å². The van der Waals surface area contributed by atoms with Crippen molar-refractivity contribution in [2.24, 2.45) is 5.73 Å². The fourth-order valence-electron chi connectivity index (χ4n) is 0.994. The summed E-state index contributed by atoms with van der Waals surface area (Å²) in [5.74, 6) is 0.156. The summed E-state index contributed by atoms with van der Waals surface area (Å²) in [4.78, 5) is 10.2. The van der Waals surface area contributed by atoms with Crippen LogP contribution in [0.5, 0.6) is 5.75 Å². The number of halogens is 1. The number of nitro benzene ring substituents is 1. The van der Waals surface area contributed by atoms with Crippen molar-refractivity contribution in [3.8, 4) is 5.75 Å². The van der Waals surface area contributed by atoms with Gasteiger partial charge in [-0.2, -0.15) is 0 Å². The number of rotatable bonds is 5. The van der Waals surface area contributed by atoms with Gasteiger partial charge in [-0.25, -0.2) is 0 Å². The first-order valence-electron chi connectivity index (χ1n) is 4.48. The van der Waals surface area contributed by atoms with Crippen molar-refractivity contribution in [2.75, 3.05) is 13.2 Å². The lowest BCUT2D eigenvalue weighted by atomic mass is 10.3. The summed E-state index contributed by atoms with van der Waals surface area (Å²) < 4.78 is 5.23. The van der Waals surface area contributed by atoms with E-state index in [0.29, 0.717) is 5.57 Å². The monoisotopic (exact) mass is 242 g/mol. The molecule has 0 amide bonds. The molecule has 0 bridgehead atoms. The van der Waals surface area contributed by atoms with E-state index in [0.717, 1.165) is 0 Å². The van der Waals surface area contributed by atoms with E-state index in [1.54, 1.807) is 0 Å². The molecule has 5 nitrogen and oxygen atoms in total. The summed E-state index contributed by atoms with van der Waals surface area (Å²) in [5.41, 5.74) is 5.81.